The third-order valence-corrected chi connectivity index (χ3v) is 1.49. The van der Waals surface area contributed by atoms with E-state index in [0.717, 1.165) is 4.73 Å². The monoisotopic (exact) mass is 179 g/mol. The third-order valence-electron chi connectivity index (χ3n) is 1.49. The van der Waals surface area contributed by atoms with Gasteiger partial charge >= 0.3 is 6.47 Å². The second-order valence-electron chi connectivity index (χ2n) is 2.20. The number of hydrogen-bond donors (Lipinski definition) is 1. The molecule has 0 aromatic carbocycles. The van der Waals surface area contributed by atoms with Crippen LogP contribution in [0.15, 0.2) is 12.7 Å². The number of nitrogens with zero attached hydrogens (tertiary/aromatic N) is 4. The van der Waals surface area contributed by atoms with Gasteiger partial charge in [-0.25, -0.2) is 15.0 Å². The molecule has 0 aliphatic rings. The molecule has 0 saturated heterocycles. The lowest BCUT2D eigenvalue weighted by molar-refractivity contribution is -0.128. The summed E-state index contributed by atoms with van der Waals surface area (Å²) in [5, 5.41) is 0. The molecule has 0 saturated carbocycles. The van der Waals surface area contributed by atoms with Gasteiger partial charge < -0.3 is 10.6 Å². The number of carbonyl (C=O) groups excluding carboxylic acids is 1. The highest BCUT2D eigenvalue weighted by atomic mass is 16.7. The SMILES string of the molecule is Nc1ncnc2c1ncn2OC=O. The molecule has 0 spiro atoms. The van der Waals surface area contributed by atoms with Crippen LogP contribution in [0.1, 0.15) is 0 Å². The van der Waals surface area contributed by atoms with E-state index in [1.807, 2.05) is 0 Å². The van der Waals surface area contributed by atoms with Gasteiger partial charge in [0.05, 0.1) is 0 Å². The highest BCUT2D eigenvalue weighted by molar-refractivity contribution is 5.80. The molecular weight excluding hydrogens is 174 g/mol. The van der Waals surface area contributed by atoms with Crippen LogP contribution in [0, 0.1) is 0 Å². The maximum Gasteiger partial charge on any atom is 0.321 e. The van der Waals surface area contributed by atoms with Gasteiger partial charge in [-0.05, 0) is 0 Å². The molecule has 2 aromatic rings. The largest absolute Gasteiger partial charge is 0.382 e. The van der Waals surface area contributed by atoms with Crippen molar-refractivity contribution in [2.24, 2.45) is 0 Å². The number of hydrogen-bond acceptors (Lipinski definition) is 6. The molecule has 2 N–H and O–H groups in total. The number of aromatic nitrogens is 4. The Kier molecular flexibility index (Phi) is 1.55. The molecule has 2 heterocycles. The Bertz CT molecular complexity index is 451. The molecule has 7 nitrogen and oxygen atoms in total. The summed E-state index contributed by atoms with van der Waals surface area (Å²) in [6.45, 7) is 0.277. The third kappa shape index (κ3) is 1.06. The second kappa shape index (κ2) is 2.70. The average Bonchev–Trinajstić information content (AvgIpc) is 2.51. The van der Waals surface area contributed by atoms with Gasteiger partial charge in [0.2, 0.25) is 5.65 Å². The summed E-state index contributed by atoms with van der Waals surface area (Å²) in [4.78, 5) is 26.0. The lowest BCUT2D eigenvalue weighted by Crippen LogP contribution is -2.08. The molecular formula is C6H5N5O2. The highest BCUT2D eigenvalue weighted by Gasteiger charge is 2.07. The van der Waals surface area contributed by atoms with Crippen LogP contribution in [0.25, 0.3) is 11.2 Å². The molecule has 0 radical (unpaired) electrons. The minimum atomic E-state index is 0.248. The summed E-state index contributed by atoms with van der Waals surface area (Å²) in [7, 11) is 0. The van der Waals surface area contributed by atoms with Crippen molar-refractivity contribution in [1.82, 2.24) is 19.7 Å². The molecule has 7 heteroatoms. The zero-order chi connectivity index (χ0) is 9.26. The number of fused-ring (bicyclic) bond motifs is 1. The van der Waals surface area contributed by atoms with Crippen LogP contribution in [-0.2, 0) is 4.79 Å². The van der Waals surface area contributed by atoms with E-state index in [1.54, 1.807) is 0 Å². The van der Waals surface area contributed by atoms with Gasteiger partial charge in [-0.1, -0.05) is 0 Å². The van der Waals surface area contributed by atoms with E-state index in [-0.39, 0.29) is 12.3 Å². The van der Waals surface area contributed by atoms with E-state index in [9.17, 15) is 4.79 Å². The summed E-state index contributed by atoms with van der Waals surface area (Å²) in [6.07, 6.45) is 2.56. The van der Waals surface area contributed by atoms with E-state index >= 15 is 0 Å². The molecule has 0 fully saturated rings. The van der Waals surface area contributed by atoms with Gasteiger partial charge in [0, 0.05) is 0 Å². The summed E-state index contributed by atoms with van der Waals surface area (Å²) < 4.78 is 1.11. The van der Waals surface area contributed by atoms with E-state index in [1.165, 1.54) is 12.7 Å². The summed E-state index contributed by atoms with van der Waals surface area (Å²) in [5.41, 5.74) is 6.26. The highest BCUT2D eigenvalue weighted by Crippen LogP contribution is 2.12. The first-order chi connectivity index (χ1) is 6.33. The zero-order valence-electron chi connectivity index (χ0n) is 6.41. The van der Waals surface area contributed by atoms with Crippen LogP contribution in [0.4, 0.5) is 5.82 Å². The number of carbonyl (C=O) groups is 1. The lowest BCUT2D eigenvalue weighted by Gasteiger charge is -1.96. The number of nitrogen functional groups attached to an aromatic ring is 1. The van der Waals surface area contributed by atoms with E-state index in [0.29, 0.717) is 11.2 Å². The Morgan fingerprint density at radius 1 is 1.46 bits per heavy atom. The zero-order valence-corrected chi connectivity index (χ0v) is 6.41. The fourth-order valence-corrected chi connectivity index (χ4v) is 0.956. The van der Waals surface area contributed by atoms with Gasteiger partial charge in [0.15, 0.2) is 11.3 Å². The second-order valence-corrected chi connectivity index (χ2v) is 2.20. The van der Waals surface area contributed by atoms with Gasteiger partial charge in [0.25, 0.3) is 0 Å². The molecule has 13 heavy (non-hydrogen) atoms. The number of imidazole rings is 1. The summed E-state index contributed by atoms with van der Waals surface area (Å²) >= 11 is 0. The Balaban J connectivity index is 2.67. The van der Waals surface area contributed by atoms with Crippen LogP contribution >= 0.6 is 0 Å². The number of nitrogens with two attached hydrogens (primary N) is 1. The fourth-order valence-electron chi connectivity index (χ4n) is 0.956. The van der Waals surface area contributed by atoms with Crippen LogP contribution in [0.2, 0.25) is 0 Å². The molecule has 0 aliphatic carbocycles. The topological polar surface area (TPSA) is 95.9 Å². The first-order valence-electron chi connectivity index (χ1n) is 3.37. The van der Waals surface area contributed by atoms with Crippen molar-refractivity contribution >= 4 is 23.5 Å². The number of anilines is 1. The summed E-state index contributed by atoms with van der Waals surface area (Å²) in [6, 6.07) is 0. The first kappa shape index (κ1) is 7.47. The van der Waals surface area contributed by atoms with Crippen LogP contribution in [-0.4, -0.2) is 26.2 Å². The van der Waals surface area contributed by atoms with Crippen LogP contribution in [0.3, 0.4) is 0 Å². The molecule has 0 aliphatic heterocycles. The first-order valence-corrected chi connectivity index (χ1v) is 3.37. The van der Waals surface area contributed by atoms with Crippen molar-refractivity contribution in [3.8, 4) is 0 Å². The van der Waals surface area contributed by atoms with Crippen LogP contribution < -0.4 is 10.6 Å². The van der Waals surface area contributed by atoms with E-state index < -0.39 is 0 Å². The lowest BCUT2D eigenvalue weighted by atomic mass is 10.5. The van der Waals surface area contributed by atoms with E-state index in [4.69, 9.17) is 5.73 Å². The van der Waals surface area contributed by atoms with E-state index in [2.05, 4.69) is 19.8 Å². The Morgan fingerprint density at radius 3 is 3.08 bits per heavy atom. The minimum absolute atomic E-state index is 0.248. The van der Waals surface area contributed by atoms with Crippen molar-refractivity contribution in [3.05, 3.63) is 12.7 Å². The van der Waals surface area contributed by atoms with Crippen LogP contribution in [0.5, 0.6) is 0 Å². The summed E-state index contributed by atoms with van der Waals surface area (Å²) in [5.74, 6) is 0.248. The predicted molar refractivity (Wildman–Crippen MR) is 42.4 cm³/mol. The quantitative estimate of drug-likeness (QED) is 0.593. The molecule has 0 bridgehead atoms. The predicted octanol–water partition coefficient (Wildman–Crippen LogP) is -1.01. The average molecular weight is 179 g/mol. The fraction of sp³-hybridized carbons (Fsp3) is 0. The van der Waals surface area contributed by atoms with Crippen molar-refractivity contribution in [1.29, 1.82) is 0 Å². The smallest absolute Gasteiger partial charge is 0.321 e. The van der Waals surface area contributed by atoms with Gasteiger partial charge in [0.1, 0.15) is 12.7 Å². The molecule has 0 atom stereocenters. The Labute approximate surface area is 72.1 Å². The molecule has 0 unspecified atom stereocenters. The Hall–Kier alpha value is -2.18. The van der Waals surface area contributed by atoms with Crippen molar-refractivity contribution < 1.29 is 9.63 Å². The van der Waals surface area contributed by atoms with Gasteiger partial charge in [-0.3, -0.25) is 4.79 Å². The van der Waals surface area contributed by atoms with Gasteiger partial charge in [-0.15, -0.1) is 4.73 Å². The molecule has 2 rings (SSSR count). The van der Waals surface area contributed by atoms with Crippen molar-refractivity contribution in [2.45, 2.75) is 0 Å². The molecule has 0 amide bonds. The molecule has 2 aromatic heterocycles. The van der Waals surface area contributed by atoms with Crippen molar-refractivity contribution in [3.63, 3.8) is 0 Å². The minimum Gasteiger partial charge on any atom is -0.382 e. The normalized spacial score (nSPS) is 10.2. The maximum atomic E-state index is 10.1. The number of rotatable bonds is 2. The maximum absolute atomic E-state index is 10.1. The molecule has 66 valence electrons. The van der Waals surface area contributed by atoms with Crippen molar-refractivity contribution in [2.75, 3.05) is 5.73 Å². The Morgan fingerprint density at radius 2 is 2.31 bits per heavy atom. The standard InChI is InChI=1S/C6H5N5O2/c7-5-4-6(9-1-8-5)11(2-10-4)13-3-12/h1-3H,(H2,7,8,9). The van der Waals surface area contributed by atoms with Gasteiger partial charge in [-0.2, -0.15) is 0 Å².